The largest absolute Gasteiger partial charge is 0.496 e. The summed E-state index contributed by atoms with van der Waals surface area (Å²) in [4.78, 5) is 17.1. The topological polar surface area (TPSA) is 70.2 Å². The van der Waals surface area contributed by atoms with Crippen molar-refractivity contribution in [3.63, 3.8) is 0 Å². The summed E-state index contributed by atoms with van der Waals surface area (Å²) in [5.41, 5.74) is 1.14. The first-order valence-corrected chi connectivity index (χ1v) is 12.7. The van der Waals surface area contributed by atoms with Crippen LogP contribution in [0.15, 0.2) is 47.4 Å². The molecule has 2 saturated heterocycles. The first kappa shape index (κ1) is 23.5. The fourth-order valence-corrected chi connectivity index (χ4v) is 5.83. The quantitative estimate of drug-likeness (QED) is 0.664. The van der Waals surface area contributed by atoms with Crippen molar-refractivity contribution in [3.05, 3.63) is 53.8 Å². The zero-order chi connectivity index (χ0) is 23.6. The van der Waals surface area contributed by atoms with E-state index in [1.54, 1.807) is 23.1 Å². The molecular formula is C24H30FN3O4S. The Labute approximate surface area is 194 Å². The van der Waals surface area contributed by atoms with Gasteiger partial charge in [-0.3, -0.25) is 4.79 Å². The lowest BCUT2D eigenvalue weighted by atomic mass is 9.98. The molecule has 4 rings (SSSR count). The SMILES string of the molecule is COc1ccc(S(=O)(=O)N2CCN(c3ccc(F)cc3)CC2)cc1C(=O)N1CCC(C)CC1. The molecule has 7 nitrogen and oxygen atoms in total. The number of ether oxygens (including phenoxy) is 1. The summed E-state index contributed by atoms with van der Waals surface area (Å²) in [6, 6.07) is 10.7. The van der Waals surface area contributed by atoms with Gasteiger partial charge in [0.15, 0.2) is 0 Å². The average molecular weight is 476 g/mol. The van der Waals surface area contributed by atoms with E-state index in [-0.39, 0.29) is 22.2 Å². The van der Waals surface area contributed by atoms with Gasteiger partial charge < -0.3 is 14.5 Å². The van der Waals surface area contributed by atoms with Gasteiger partial charge in [-0.05, 0) is 61.2 Å². The molecular weight excluding hydrogens is 445 g/mol. The van der Waals surface area contributed by atoms with E-state index in [0.29, 0.717) is 50.9 Å². The van der Waals surface area contributed by atoms with Gasteiger partial charge in [-0.25, -0.2) is 12.8 Å². The van der Waals surface area contributed by atoms with Crippen molar-refractivity contribution in [2.75, 3.05) is 51.3 Å². The van der Waals surface area contributed by atoms with Crippen molar-refractivity contribution in [1.82, 2.24) is 9.21 Å². The zero-order valence-electron chi connectivity index (χ0n) is 19.0. The summed E-state index contributed by atoms with van der Waals surface area (Å²) < 4.78 is 46.7. The molecule has 0 aromatic heterocycles. The Hall–Kier alpha value is -2.65. The molecule has 2 fully saturated rings. The molecule has 178 valence electrons. The molecule has 0 N–H and O–H groups in total. The first-order chi connectivity index (χ1) is 15.8. The minimum absolute atomic E-state index is 0.0901. The fourth-order valence-electron chi connectivity index (χ4n) is 4.38. The Kier molecular flexibility index (Phi) is 6.90. The molecule has 0 bridgehead atoms. The predicted octanol–water partition coefficient (Wildman–Crippen LogP) is 3.22. The number of methoxy groups -OCH3 is 1. The van der Waals surface area contributed by atoms with Gasteiger partial charge in [0.25, 0.3) is 5.91 Å². The van der Waals surface area contributed by atoms with Crippen LogP contribution in [0.25, 0.3) is 0 Å². The van der Waals surface area contributed by atoms with Gasteiger partial charge in [-0.15, -0.1) is 0 Å². The van der Waals surface area contributed by atoms with Crippen LogP contribution in [0.3, 0.4) is 0 Å². The highest BCUT2D eigenvalue weighted by Crippen LogP contribution is 2.28. The third-order valence-electron chi connectivity index (χ3n) is 6.54. The summed E-state index contributed by atoms with van der Waals surface area (Å²) >= 11 is 0. The van der Waals surface area contributed by atoms with Crippen molar-refractivity contribution in [2.45, 2.75) is 24.7 Å². The number of nitrogens with zero attached hydrogens (tertiary/aromatic N) is 3. The van der Waals surface area contributed by atoms with Gasteiger partial charge >= 0.3 is 0 Å². The van der Waals surface area contributed by atoms with Crippen LogP contribution < -0.4 is 9.64 Å². The number of anilines is 1. The van der Waals surface area contributed by atoms with Gasteiger partial charge in [0.1, 0.15) is 11.6 Å². The number of rotatable bonds is 5. The number of likely N-dealkylation sites (tertiary alicyclic amines) is 1. The molecule has 9 heteroatoms. The number of halogens is 1. The summed E-state index contributed by atoms with van der Waals surface area (Å²) in [6.45, 7) is 5.10. The van der Waals surface area contributed by atoms with E-state index in [9.17, 15) is 17.6 Å². The zero-order valence-corrected chi connectivity index (χ0v) is 19.9. The molecule has 33 heavy (non-hydrogen) atoms. The number of benzene rings is 2. The van der Waals surface area contributed by atoms with E-state index in [0.717, 1.165) is 18.5 Å². The number of carbonyl (C=O) groups excluding carboxylic acids is 1. The minimum Gasteiger partial charge on any atom is -0.496 e. The van der Waals surface area contributed by atoms with Crippen LogP contribution in [-0.2, 0) is 10.0 Å². The highest BCUT2D eigenvalue weighted by molar-refractivity contribution is 7.89. The number of hydrogen-bond donors (Lipinski definition) is 0. The summed E-state index contributed by atoms with van der Waals surface area (Å²) in [6.07, 6.45) is 1.87. The second kappa shape index (κ2) is 9.69. The lowest BCUT2D eigenvalue weighted by molar-refractivity contribution is 0.0693. The molecule has 0 saturated carbocycles. The van der Waals surface area contributed by atoms with Crippen LogP contribution in [0, 0.1) is 11.7 Å². The lowest BCUT2D eigenvalue weighted by Crippen LogP contribution is -2.48. The third-order valence-corrected chi connectivity index (χ3v) is 8.44. The monoisotopic (exact) mass is 475 g/mol. The van der Waals surface area contributed by atoms with Gasteiger partial charge in [-0.1, -0.05) is 6.92 Å². The van der Waals surface area contributed by atoms with Crippen LogP contribution in [0.5, 0.6) is 5.75 Å². The van der Waals surface area contributed by atoms with E-state index in [4.69, 9.17) is 4.74 Å². The van der Waals surface area contributed by atoms with Crippen molar-refractivity contribution in [3.8, 4) is 5.75 Å². The second-order valence-corrected chi connectivity index (χ2v) is 10.6. The van der Waals surface area contributed by atoms with E-state index in [1.165, 1.54) is 35.7 Å². The number of sulfonamides is 1. The van der Waals surface area contributed by atoms with Crippen molar-refractivity contribution < 1.29 is 22.3 Å². The molecule has 2 heterocycles. The maximum Gasteiger partial charge on any atom is 0.257 e. The maximum absolute atomic E-state index is 13.4. The molecule has 0 aliphatic carbocycles. The number of piperazine rings is 1. The van der Waals surface area contributed by atoms with E-state index in [1.807, 2.05) is 4.90 Å². The molecule has 2 aliphatic heterocycles. The van der Waals surface area contributed by atoms with Crippen LogP contribution in [0.4, 0.5) is 10.1 Å². The number of amides is 1. The van der Waals surface area contributed by atoms with Crippen LogP contribution in [0.2, 0.25) is 0 Å². The summed E-state index contributed by atoms with van der Waals surface area (Å²) in [5.74, 6) is 0.454. The predicted molar refractivity (Wildman–Crippen MR) is 125 cm³/mol. The first-order valence-electron chi connectivity index (χ1n) is 11.3. The summed E-state index contributed by atoms with van der Waals surface area (Å²) in [5, 5.41) is 0. The van der Waals surface area contributed by atoms with Gasteiger partial charge in [-0.2, -0.15) is 4.31 Å². The van der Waals surface area contributed by atoms with Crippen LogP contribution in [-0.4, -0.2) is 69.9 Å². The number of piperidine rings is 1. The van der Waals surface area contributed by atoms with Gasteiger partial charge in [0, 0.05) is 45.0 Å². The highest BCUT2D eigenvalue weighted by atomic mass is 32.2. The summed E-state index contributed by atoms with van der Waals surface area (Å²) in [7, 11) is -2.30. The molecule has 0 unspecified atom stereocenters. The van der Waals surface area contributed by atoms with E-state index >= 15 is 0 Å². The molecule has 2 aromatic carbocycles. The number of carbonyl (C=O) groups is 1. The van der Waals surface area contributed by atoms with E-state index in [2.05, 4.69) is 6.92 Å². The average Bonchev–Trinajstić information content (AvgIpc) is 2.84. The third kappa shape index (κ3) is 4.99. The Morgan fingerprint density at radius 3 is 2.21 bits per heavy atom. The molecule has 2 aromatic rings. The van der Waals surface area contributed by atoms with Crippen molar-refractivity contribution in [2.24, 2.45) is 5.92 Å². The highest BCUT2D eigenvalue weighted by Gasteiger charge is 2.31. The Morgan fingerprint density at radius 1 is 0.970 bits per heavy atom. The van der Waals surface area contributed by atoms with Gasteiger partial charge in [0.05, 0.1) is 17.6 Å². The maximum atomic E-state index is 13.4. The molecule has 0 spiro atoms. The Bertz CT molecular complexity index is 1090. The molecule has 0 radical (unpaired) electrons. The minimum atomic E-state index is -3.77. The standard InChI is InChI=1S/C24H30FN3O4S/c1-18-9-11-27(12-10-18)24(29)22-17-21(7-8-23(22)32-2)33(30,31)28-15-13-26(14-16-28)20-5-3-19(25)4-6-20/h3-8,17-18H,9-16H2,1-2H3. The smallest absolute Gasteiger partial charge is 0.257 e. The van der Waals surface area contributed by atoms with Crippen LogP contribution >= 0.6 is 0 Å². The number of hydrogen-bond acceptors (Lipinski definition) is 5. The molecule has 0 atom stereocenters. The van der Waals surface area contributed by atoms with Crippen molar-refractivity contribution in [1.29, 1.82) is 0 Å². The fraction of sp³-hybridized carbons (Fsp3) is 0.458. The second-order valence-electron chi connectivity index (χ2n) is 8.70. The van der Waals surface area contributed by atoms with Crippen molar-refractivity contribution >= 4 is 21.6 Å². The normalized spacial score (nSPS) is 18.4. The van der Waals surface area contributed by atoms with Gasteiger partial charge in [0.2, 0.25) is 10.0 Å². The van der Waals surface area contributed by atoms with Crippen LogP contribution in [0.1, 0.15) is 30.1 Å². The van der Waals surface area contributed by atoms with E-state index < -0.39 is 10.0 Å². The Balaban J connectivity index is 1.51. The Morgan fingerprint density at radius 2 is 1.61 bits per heavy atom. The molecule has 1 amide bonds. The molecule has 2 aliphatic rings. The lowest BCUT2D eigenvalue weighted by Gasteiger charge is -2.35.